The molecule has 0 saturated carbocycles. The van der Waals surface area contributed by atoms with E-state index in [-0.39, 0.29) is 23.7 Å². The van der Waals surface area contributed by atoms with Gasteiger partial charge in [0.05, 0.1) is 19.2 Å². The Bertz CT molecular complexity index is 919. The minimum absolute atomic E-state index is 0.0543. The molecule has 0 bridgehead atoms. The van der Waals surface area contributed by atoms with Gasteiger partial charge < -0.3 is 9.64 Å². The lowest BCUT2D eigenvalue weighted by Crippen LogP contribution is -2.57. The van der Waals surface area contributed by atoms with Crippen molar-refractivity contribution in [1.29, 1.82) is 0 Å². The molecule has 1 heterocycles. The molecule has 0 atom stereocenters. The molecule has 1 saturated heterocycles. The molecule has 6 nitrogen and oxygen atoms in total. The highest BCUT2D eigenvalue weighted by molar-refractivity contribution is 5.92. The second-order valence-corrected chi connectivity index (χ2v) is 8.65. The van der Waals surface area contributed by atoms with E-state index in [1.54, 1.807) is 4.90 Å². The summed E-state index contributed by atoms with van der Waals surface area (Å²) in [6.45, 7) is 9.38. The highest BCUT2D eigenvalue weighted by atomic mass is 19.1. The van der Waals surface area contributed by atoms with Crippen LogP contribution >= 0.6 is 0 Å². The first-order chi connectivity index (χ1) is 14.7. The summed E-state index contributed by atoms with van der Waals surface area (Å²) in [7, 11) is 1.25. The number of hydrogen-bond donors (Lipinski definition) is 0. The molecule has 0 aliphatic carbocycles. The Hall–Kier alpha value is -2.93. The van der Waals surface area contributed by atoms with Crippen LogP contribution in [0.4, 0.5) is 14.9 Å². The van der Waals surface area contributed by atoms with Crippen LogP contribution in [0.15, 0.2) is 48.5 Å². The fraction of sp³-hybridized carbons (Fsp3) is 0.417. The van der Waals surface area contributed by atoms with E-state index in [1.807, 2.05) is 35.2 Å². The number of esters is 1. The van der Waals surface area contributed by atoms with Crippen molar-refractivity contribution in [3.05, 3.63) is 65.5 Å². The molecule has 0 aromatic heterocycles. The summed E-state index contributed by atoms with van der Waals surface area (Å²) in [6.07, 6.45) is 0. The predicted molar refractivity (Wildman–Crippen MR) is 119 cm³/mol. The van der Waals surface area contributed by atoms with Crippen LogP contribution in [0.5, 0.6) is 0 Å². The summed E-state index contributed by atoms with van der Waals surface area (Å²) in [5.41, 5.74) is 1.22. The number of para-hydroxylation sites is 1. The first-order valence-corrected chi connectivity index (χ1v) is 10.4. The fourth-order valence-corrected chi connectivity index (χ4v) is 3.71. The largest absolute Gasteiger partial charge is 0.465 e. The lowest BCUT2D eigenvalue weighted by molar-refractivity contribution is 0.0600. The standard InChI is InChI=1S/C24H30FN3O3/c1-24(2,3)27-14-12-26(13-15-27)23(30)28(20-8-6-5-7-9-20)17-19-11-10-18(16-21(19)25)22(29)31-4/h5-11,16H,12-15,17H2,1-4H3. The van der Waals surface area contributed by atoms with Crippen LogP contribution in [0.2, 0.25) is 0 Å². The summed E-state index contributed by atoms with van der Waals surface area (Å²) < 4.78 is 19.4. The van der Waals surface area contributed by atoms with Gasteiger partial charge in [0.15, 0.2) is 0 Å². The van der Waals surface area contributed by atoms with E-state index in [1.165, 1.54) is 19.2 Å². The first kappa shape index (κ1) is 22.7. The van der Waals surface area contributed by atoms with Gasteiger partial charge in [0.1, 0.15) is 5.82 Å². The Morgan fingerprint density at radius 3 is 2.23 bits per heavy atom. The van der Waals surface area contributed by atoms with Gasteiger partial charge in [0.2, 0.25) is 0 Å². The number of methoxy groups -OCH3 is 1. The number of carbonyl (C=O) groups excluding carboxylic acids is 2. The first-order valence-electron chi connectivity index (χ1n) is 10.4. The Morgan fingerprint density at radius 2 is 1.68 bits per heavy atom. The number of piperazine rings is 1. The maximum absolute atomic E-state index is 14.7. The topological polar surface area (TPSA) is 53.1 Å². The van der Waals surface area contributed by atoms with Crippen LogP contribution in [-0.2, 0) is 11.3 Å². The van der Waals surface area contributed by atoms with Gasteiger partial charge in [0.25, 0.3) is 0 Å². The summed E-state index contributed by atoms with van der Waals surface area (Å²) >= 11 is 0. The Kier molecular flexibility index (Phi) is 6.95. The van der Waals surface area contributed by atoms with Gasteiger partial charge in [-0.25, -0.2) is 14.0 Å². The normalized spacial score (nSPS) is 14.9. The molecule has 0 spiro atoms. The number of ether oxygens (including phenoxy) is 1. The molecule has 2 amide bonds. The monoisotopic (exact) mass is 427 g/mol. The van der Waals surface area contributed by atoms with Crippen LogP contribution in [0.3, 0.4) is 0 Å². The van der Waals surface area contributed by atoms with E-state index in [2.05, 4.69) is 30.4 Å². The lowest BCUT2D eigenvalue weighted by atomic mass is 10.1. The van der Waals surface area contributed by atoms with Crippen molar-refractivity contribution in [2.24, 2.45) is 0 Å². The van der Waals surface area contributed by atoms with Crippen molar-refractivity contribution < 1.29 is 18.7 Å². The van der Waals surface area contributed by atoms with Crippen molar-refractivity contribution in [3.8, 4) is 0 Å². The number of hydrogen-bond acceptors (Lipinski definition) is 4. The molecule has 1 aliphatic heterocycles. The molecular formula is C24H30FN3O3. The lowest BCUT2D eigenvalue weighted by Gasteiger charge is -2.43. The molecule has 166 valence electrons. The van der Waals surface area contributed by atoms with E-state index in [4.69, 9.17) is 0 Å². The van der Waals surface area contributed by atoms with Gasteiger partial charge in [-0.1, -0.05) is 24.3 Å². The van der Waals surface area contributed by atoms with Gasteiger partial charge in [-0.05, 0) is 45.0 Å². The van der Waals surface area contributed by atoms with Gasteiger partial charge >= 0.3 is 12.0 Å². The van der Waals surface area contributed by atoms with Crippen molar-refractivity contribution in [1.82, 2.24) is 9.80 Å². The molecule has 0 N–H and O–H groups in total. The Labute approximate surface area is 183 Å². The molecule has 2 aromatic rings. The second kappa shape index (κ2) is 9.47. The van der Waals surface area contributed by atoms with E-state index in [0.29, 0.717) is 24.3 Å². The van der Waals surface area contributed by atoms with E-state index < -0.39 is 11.8 Å². The summed E-state index contributed by atoms with van der Waals surface area (Å²) in [4.78, 5) is 30.9. The summed E-state index contributed by atoms with van der Waals surface area (Å²) in [6, 6.07) is 13.3. The molecular weight excluding hydrogens is 397 g/mol. The number of benzene rings is 2. The number of urea groups is 1. The predicted octanol–water partition coefficient (Wildman–Crippen LogP) is 4.16. The van der Waals surface area contributed by atoms with Crippen LogP contribution in [0.1, 0.15) is 36.7 Å². The highest BCUT2D eigenvalue weighted by Gasteiger charge is 2.30. The highest BCUT2D eigenvalue weighted by Crippen LogP contribution is 2.23. The number of halogens is 1. The maximum atomic E-state index is 14.7. The third-order valence-corrected chi connectivity index (χ3v) is 5.60. The molecule has 0 unspecified atom stereocenters. The molecule has 0 radical (unpaired) electrons. The minimum Gasteiger partial charge on any atom is -0.465 e. The number of nitrogens with zero attached hydrogens (tertiary/aromatic N) is 3. The Balaban J connectivity index is 1.82. The van der Waals surface area contributed by atoms with Crippen molar-refractivity contribution in [3.63, 3.8) is 0 Å². The molecule has 7 heteroatoms. The average molecular weight is 428 g/mol. The zero-order valence-corrected chi connectivity index (χ0v) is 18.6. The van der Waals surface area contributed by atoms with Crippen molar-refractivity contribution >= 4 is 17.7 Å². The fourth-order valence-electron chi connectivity index (χ4n) is 3.71. The summed E-state index contributed by atoms with van der Waals surface area (Å²) in [5, 5.41) is 0. The quantitative estimate of drug-likeness (QED) is 0.688. The molecule has 3 rings (SSSR count). The smallest absolute Gasteiger partial charge is 0.337 e. The van der Waals surface area contributed by atoms with Crippen molar-refractivity contribution in [2.45, 2.75) is 32.9 Å². The van der Waals surface area contributed by atoms with Gasteiger partial charge in [-0.3, -0.25) is 9.80 Å². The molecule has 1 aliphatic rings. The summed E-state index contributed by atoms with van der Waals surface area (Å²) in [5.74, 6) is -1.15. The van der Waals surface area contributed by atoms with E-state index >= 15 is 0 Å². The van der Waals surface area contributed by atoms with E-state index in [9.17, 15) is 14.0 Å². The van der Waals surface area contributed by atoms with Crippen molar-refractivity contribution in [2.75, 3.05) is 38.2 Å². The minimum atomic E-state index is -0.599. The average Bonchev–Trinajstić information content (AvgIpc) is 2.77. The number of anilines is 1. The molecule has 2 aromatic carbocycles. The van der Waals surface area contributed by atoms with Gasteiger partial charge in [-0.15, -0.1) is 0 Å². The number of rotatable bonds is 4. The number of amides is 2. The Morgan fingerprint density at radius 1 is 1.03 bits per heavy atom. The van der Waals surface area contributed by atoms with Crippen LogP contribution in [0, 0.1) is 5.82 Å². The second-order valence-electron chi connectivity index (χ2n) is 8.65. The van der Waals surface area contributed by atoms with Crippen LogP contribution < -0.4 is 4.90 Å². The molecule has 31 heavy (non-hydrogen) atoms. The van der Waals surface area contributed by atoms with E-state index in [0.717, 1.165) is 19.2 Å². The van der Waals surface area contributed by atoms with Gasteiger partial charge in [0, 0.05) is 43.0 Å². The van der Waals surface area contributed by atoms with Gasteiger partial charge in [-0.2, -0.15) is 0 Å². The zero-order chi connectivity index (χ0) is 22.6. The third-order valence-electron chi connectivity index (χ3n) is 5.60. The SMILES string of the molecule is COC(=O)c1ccc(CN(C(=O)N2CCN(C(C)(C)C)CC2)c2ccccc2)c(F)c1. The van der Waals surface area contributed by atoms with Crippen LogP contribution in [0.25, 0.3) is 0 Å². The zero-order valence-electron chi connectivity index (χ0n) is 18.6. The maximum Gasteiger partial charge on any atom is 0.337 e. The third kappa shape index (κ3) is 5.41. The number of carbonyl (C=O) groups is 2. The molecule has 1 fully saturated rings. The van der Waals surface area contributed by atoms with Crippen LogP contribution in [-0.4, -0.2) is 60.6 Å².